The zero-order chi connectivity index (χ0) is 14.9. The molecule has 0 bridgehead atoms. The van der Waals surface area contributed by atoms with Crippen LogP contribution in [0.3, 0.4) is 0 Å². The van der Waals surface area contributed by atoms with Gasteiger partial charge in [-0.2, -0.15) is 0 Å². The molecule has 4 heterocycles. The van der Waals surface area contributed by atoms with E-state index in [0.717, 1.165) is 44.7 Å². The minimum Gasteiger partial charge on any atom is -0.364 e. The highest BCUT2D eigenvalue weighted by atomic mass is 16.5. The predicted molar refractivity (Wildman–Crippen MR) is 81.5 cm³/mol. The first-order valence-corrected chi connectivity index (χ1v) is 8.41. The second-order valence-corrected chi connectivity index (χ2v) is 6.44. The highest BCUT2D eigenvalue weighted by Gasteiger charge is 2.28. The Morgan fingerprint density at radius 1 is 1.27 bits per heavy atom. The van der Waals surface area contributed by atoms with Gasteiger partial charge in [0.25, 0.3) is 0 Å². The van der Waals surface area contributed by atoms with Crippen LogP contribution in [0.2, 0.25) is 0 Å². The van der Waals surface area contributed by atoms with Crippen molar-refractivity contribution in [3.63, 3.8) is 0 Å². The summed E-state index contributed by atoms with van der Waals surface area (Å²) >= 11 is 0. The van der Waals surface area contributed by atoms with E-state index in [1.807, 2.05) is 0 Å². The van der Waals surface area contributed by atoms with Crippen molar-refractivity contribution in [2.45, 2.75) is 58.0 Å². The van der Waals surface area contributed by atoms with Crippen molar-refractivity contribution in [1.82, 2.24) is 24.8 Å². The van der Waals surface area contributed by atoms with Crippen LogP contribution in [0, 0.1) is 0 Å². The molecule has 0 saturated carbocycles. The zero-order valence-electron chi connectivity index (χ0n) is 13.2. The largest absolute Gasteiger partial charge is 0.364 e. The molecule has 1 fully saturated rings. The van der Waals surface area contributed by atoms with Gasteiger partial charge in [-0.15, -0.1) is 10.2 Å². The molecule has 2 aliphatic rings. The smallest absolute Gasteiger partial charge is 0.137 e. The van der Waals surface area contributed by atoms with Gasteiger partial charge < -0.3 is 9.09 Å². The Kier molecular flexibility index (Phi) is 3.70. The van der Waals surface area contributed by atoms with E-state index in [1.165, 1.54) is 36.5 Å². The Hall–Kier alpha value is -1.69. The van der Waals surface area contributed by atoms with Gasteiger partial charge in [0, 0.05) is 37.5 Å². The van der Waals surface area contributed by atoms with E-state index in [9.17, 15) is 0 Å². The molecule has 118 valence electrons. The summed E-state index contributed by atoms with van der Waals surface area (Å²) in [5.74, 6) is 2.90. The lowest BCUT2D eigenvalue weighted by Crippen LogP contribution is -2.35. The molecule has 0 aliphatic carbocycles. The number of hydrogen-bond acceptors (Lipinski definition) is 5. The van der Waals surface area contributed by atoms with E-state index < -0.39 is 0 Å². The lowest BCUT2D eigenvalue weighted by atomic mass is 9.96. The van der Waals surface area contributed by atoms with Crippen LogP contribution in [0.5, 0.6) is 0 Å². The number of rotatable bonds is 4. The van der Waals surface area contributed by atoms with Gasteiger partial charge in [0.2, 0.25) is 0 Å². The maximum absolute atomic E-state index is 5.13. The van der Waals surface area contributed by atoms with Crippen LogP contribution in [0.1, 0.15) is 55.0 Å². The topological polar surface area (TPSA) is 60.0 Å². The van der Waals surface area contributed by atoms with E-state index in [-0.39, 0.29) is 0 Å². The Balaban J connectivity index is 1.48. The van der Waals surface area contributed by atoms with Crippen LogP contribution in [-0.4, -0.2) is 37.9 Å². The van der Waals surface area contributed by atoms with Crippen molar-refractivity contribution in [3.8, 4) is 0 Å². The summed E-state index contributed by atoms with van der Waals surface area (Å²) in [7, 11) is 0. The number of nitrogens with zero attached hydrogens (tertiary/aromatic N) is 5. The number of piperidine rings is 1. The standard InChI is InChI=1S/C16H23N5O/c1-2-14-13(11-22-19-14)10-20-7-3-5-12(9-20)16-18-17-15-6-4-8-21(15)16/h11-12H,2-10H2,1H3. The normalized spacial score (nSPS) is 22.1. The minimum absolute atomic E-state index is 0.512. The maximum atomic E-state index is 5.13. The van der Waals surface area contributed by atoms with Crippen LogP contribution >= 0.6 is 0 Å². The average molecular weight is 301 g/mol. The third kappa shape index (κ3) is 2.45. The molecule has 22 heavy (non-hydrogen) atoms. The molecule has 2 aromatic heterocycles. The molecule has 0 radical (unpaired) electrons. The second-order valence-electron chi connectivity index (χ2n) is 6.44. The molecule has 1 saturated heterocycles. The monoisotopic (exact) mass is 301 g/mol. The zero-order valence-corrected chi connectivity index (χ0v) is 13.2. The second kappa shape index (κ2) is 5.83. The highest BCUT2D eigenvalue weighted by Crippen LogP contribution is 2.29. The van der Waals surface area contributed by atoms with E-state index in [4.69, 9.17) is 4.52 Å². The molecule has 1 unspecified atom stereocenters. The number of aryl methyl sites for hydroxylation is 2. The summed E-state index contributed by atoms with van der Waals surface area (Å²) in [6.45, 7) is 6.36. The average Bonchev–Trinajstić information content (AvgIpc) is 3.23. The Morgan fingerprint density at radius 2 is 2.23 bits per heavy atom. The summed E-state index contributed by atoms with van der Waals surface area (Å²) in [6, 6.07) is 0. The molecular formula is C16H23N5O. The van der Waals surface area contributed by atoms with E-state index in [1.54, 1.807) is 6.26 Å². The van der Waals surface area contributed by atoms with Gasteiger partial charge in [0.1, 0.15) is 17.9 Å². The van der Waals surface area contributed by atoms with Gasteiger partial charge in [0.15, 0.2) is 0 Å². The molecule has 0 N–H and O–H groups in total. The molecule has 0 spiro atoms. The molecule has 1 atom stereocenters. The van der Waals surface area contributed by atoms with Crippen LogP contribution in [0.25, 0.3) is 0 Å². The number of fused-ring (bicyclic) bond motifs is 1. The van der Waals surface area contributed by atoms with Crippen molar-refractivity contribution in [2.75, 3.05) is 13.1 Å². The molecule has 0 amide bonds. The maximum Gasteiger partial charge on any atom is 0.137 e. The van der Waals surface area contributed by atoms with Crippen molar-refractivity contribution < 1.29 is 4.52 Å². The SMILES string of the molecule is CCc1nocc1CN1CCCC(c2nnc3n2CCC3)C1. The van der Waals surface area contributed by atoms with Crippen LogP contribution in [0.15, 0.2) is 10.8 Å². The third-order valence-electron chi connectivity index (χ3n) is 4.97. The fraction of sp³-hybridized carbons (Fsp3) is 0.688. The number of hydrogen-bond donors (Lipinski definition) is 0. The first-order chi connectivity index (χ1) is 10.8. The molecule has 0 aromatic carbocycles. The molecular weight excluding hydrogens is 278 g/mol. The molecule has 6 nitrogen and oxygen atoms in total. The fourth-order valence-corrected chi connectivity index (χ4v) is 3.83. The van der Waals surface area contributed by atoms with Gasteiger partial charge in [-0.25, -0.2) is 0 Å². The van der Waals surface area contributed by atoms with Crippen molar-refractivity contribution in [2.24, 2.45) is 0 Å². The summed E-state index contributed by atoms with van der Waals surface area (Å²) < 4.78 is 7.49. The predicted octanol–water partition coefficient (Wildman–Crippen LogP) is 2.15. The Bertz CT molecular complexity index is 647. The van der Waals surface area contributed by atoms with E-state index in [0.29, 0.717) is 5.92 Å². The quantitative estimate of drug-likeness (QED) is 0.866. The van der Waals surface area contributed by atoms with Gasteiger partial charge in [-0.05, 0) is 32.2 Å². The van der Waals surface area contributed by atoms with Gasteiger partial charge in [-0.1, -0.05) is 12.1 Å². The van der Waals surface area contributed by atoms with Crippen molar-refractivity contribution in [3.05, 3.63) is 29.2 Å². The van der Waals surface area contributed by atoms with Crippen LogP contribution < -0.4 is 0 Å². The Labute approximate surface area is 130 Å². The highest BCUT2D eigenvalue weighted by molar-refractivity contribution is 5.15. The van der Waals surface area contributed by atoms with Crippen molar-refractivity contribution in [1.29, 1.82) is 0 Å². The number of likely N-dealkylation sites (tertiary alicyclic amines) is 1. The Morgan fingerprint density at radius 3 is 3.14 bits per heavy atom. The first kappa shape index (κ1) is 13.9. The minimum atomic E-state index is 0.512. The first-order valence-electron chi connectivity index (χ1n) is 8.41. The van der Waals surface area contributed by atoms with Gasteiger partial charge in [-0.3, -0.25) is 4.90 Å². The summed E-state index contributed by atoms with van der Waals surface area (Å²) in [4.78, 5) is 2.51. The summed E-state index contributed by atoms with van der Waals surface area (Å²) in [5, 5.41) is 12.9. The summed E-state index contributed by atoms with van der Waals surface area (Å²) in [5.41, 5.74) is 2.32. The molecule has 6 heteroatoms. The van der Waals surface area contributed by atoms with Crippen molar-refractivity contribution >= 4 is 0 Å². The van der Waals surface area contributed by atoms with Gasteiger partial charge in [0.05, 0.1) is 5.69 Å². The lowest BCUT2D eigenvalue weighted by molar-refractivity contribution is 0.194. The molecule has 2 aromatic rings. The fourth-order valence-electron chi connectivity index (χ4n) is 3.83. The third-order valence-corrected chi connectivity index (χ3v) is 4.97. The lowest BCUT2D eigenvalue weighted by Gasteiger charge is -2.32. The van der Waals surface area contributed by atoms with E-state index in [2.05, 4.69) is 31.7 Å². The van der Waals surface area contributed by atoms with E-state index >= 15 is 0 Å². The summed E-state index contributed by atoms with van der Waals surface area (Å²) in [6.07, 6.45) is 7.48. The molecule has 2 aliphatic heterocycles. The van der Waals surface area contributed by atoms with Crippen LogP contribution in [0.4, 0.5) is 0 Å². The molecule has 4 rings (SSSR count). The number of aromatic nitrogens is 4. The van der Waals surface area contributed by atoms with Crippen LogP contribution in [-0.2, 0) is 25.9 Å². The van der Waals surface area contributed by atoms with Gasteiger partial charge >= 0.3 is 0 Å².